The van der Waals surface area contributed by atoms with Crippen LogP contribution < -0.4 is 0 Å². The van der Waals surface area contributed by atoms with Gasteiger partial charge in [0.25, 0.3) is 0 Å². The Hall–Kier alpha value is -7.02. The van der Waals surface area contributed by atoms with Crippen molar-refractivity contribution in [1.29, 1.82) is 0 Å². The Morgan fingerprint density at radius 2 is 0.561 bits per heavy atom. The monoisotopic (exact) mass is 720 g/mol. The fourth-order valence-corrected chi connectivity index (χ4v) is 11.0. The molecule has 0 radical (unpaired) electrons. The van der Waals surface area contributed by atoms with Crippen molar-refractivity contribution in [2.24, 2.45) is 0 Å². The van der Waals surface area contributed by atoms with Gasteiger partial charge in [-0.25, -0.2) is 0 Å². The van der Waals surface area contributed by atoms with E-state index >= 15 is 0 Å². The maximum absolute atomic E-state index is 2.48. The van der Waals surface area contributed by atoms with Crippen molar-refractivity contribution in [3.8, 4) is 89.0 Å². The molecular formula is C57H36. The van der Waals surface area contributed by atoms with Gasteiger partial charge in [0.2, 0.25) is 0 Å². The molecular weight excluding hydrogens is 685 g/mol. The van der Waals surface area contributed by atoms with Crippen LogP contribution in [0, 0.1) is 0 Å². The van der Waals surface area contributed by atoms with Crippen LogP contribution in [0.5, 0.6) is 0 Å². The third kappa shape index (κ3) is 4.07. The molecule has 0 nitrogen and oxygen atoms in total. The molecule has 57 heavy (non-hydrogen) atoms. The van der Waals surface area contributed by atoms with E-state index in [1.165, 1.54) is 132 Å². The Morgan fingerprint density at radius 1 is 0.246 bits per heavy atom. The van der Waals surface area contributed by atoms with E-state index in [0.717, 1.165) is 0 Å². The minimum absolute atomic E-state index is 0.153. The zero-order chi connectivity index (χ0) is 37.6. The lowest BCUT2D eigenvalue weighted by Gasteiger charge is -2.23. The molecule has 10 aromatic rings. The number of benzene rings is 10. The van der Waals surface area contributed by atoms with Crippen LogP contribution in [0.1, 0.15) is 25.0 Å². The van der Waals surface area contributed by atoms with Crippen molar-refractivity contribution in [2.75, 3.05) is 0 Å². The van der Waals surface area contributed by atoms with Crippen LogP contribution in [0.25, 0.3) is 121 Å². The summed E-state index contributed by atoms with van der Waals surface area (Å²) in [6, 6.07) is 68.7. The van der Waals surface area contributed by atoms with Crippen LogP contribution in [0.15, 0.2) is 182 Å². The molecule has 0 saturated heterocycles. The van der Waals surface area contributed by atoms with Crippen molar-refractivity contribution < 1.29 is 0 Å². The first kappa shape index (κ1) is 31.2. The number of rotatable bonds is 3. The first-order valence-corrected chi connectivity index (χ1v) is 20.2. The number of fused-ring (bicyclic) bond motifs is 10. The Balaban J connectivity index is 0.915. The average Bonchev–Trinajstić information content (AvgIpc) is 3.85. The summed E-state index contributed by atoms with van der Waals surface area (Å²) >= 11 is 0. The summed E-state index contributed by atoms with van der Waals surface area (Å²) in [5.41, 5.74) is 23.7. The zero-order valence-electron chi connectivity index (χ0n) is 31.8. The average molecular weight is 721 g/mol. The molecule has 0 heteroatoms. The Labute approximate surface area is 332 Å². The Morgan fingerprint density at radius 3 is 1.07 bits per heavy atom. The number of hydrogen-bond donors (Lipinski definition) is 0. The topological polar surface area (TPSA) is 0 Å². The van der Waals surface area contributed by atoms with E-state index in [9.17, 15) is 0 Å². The third-order valence-electron chi connectivity index (χ3n) is 13.6. The van der Waals surface area contributed by atoms with Gasteiger partial charge >= 0.3 is 0 Å². The molecule has 0 aliphatic heterocycles. The lowest BCUT2D eigenvalue weighted by molar-refractivity contribution is 0.661. The van der Waals surface area contributed by atoms with Gasteiger partial charge in [-0.1, -0.05) is 184 Å². The minimum Gasteiger partial charge on any atom is -0.0616 e. The first-order chi connectivity index (χ1) is 28.0. The van der Waals surface area contributed by atoms with Gasteiger partial charge in [0.15, 0.2) is 0 Å². The van der Waals surface area contributed by atoms with E-state index in [1.807, 2.05) is 0 Å². The van der Waals surface area contributed by atoms with E-state index in [1.54, 1.807) is 0 Å². The maximum Gasteiger partial charge on any atom is 0.0159 e. The van der Waals surface area contributed by atoms with Gasteiger partial charge < -0.3 is 0 Å². The SMILES string of the molecule is CC1(C)c2cc(-c3ccc(-c4ccc5c6c(cccc46)-c4ccccc4-5)c4ccccc34)ccc2-c2ccc(-c3ccc4c5c(cccc35)-c3ccccc3-4)cc21. The summed E-state index contributed by atoms with van der Waals surface area (Å²) in [6.45, 7) is 4.81. The highest BCUT2D eigenvalue weighted by molar-refractivity contribution is 6.21. The van der Waals surface area contributed by atoms with E-state index < -0.39 is 0 Å². The van der Waals surface area contributed by atoms with Crippen LogP contribution in [-0.2, 0) is 5.41 Å². The molecule has 0 spiro atoms. The van der Waals surface area contributed by atoms with Gasteiger partial charge in [0.05, 0.1) is 0 Å². The molecule has 0 amide bonds. The van der Waals surface area contributed by atoms with E-state index in [0.29, 0.717) is 0 Å². The normalized spacial score (nSPS) is 13.6. The zero-order valence-corrected chi connectivity index (χ0v) is 31.8. The molecule has 3 aliphatic rings. The Kier molecular flexibility index (Phi) is 6.06. The lowest BCUT2D eigenvalue weighted by atomic mass is 9.80. The van der Waals surface area contributed by atoms with Crippen LogP contribution in [0.2, 0.25) is 0 Å². The predicted molar refractivity (Wildman–Crippen MR) is 242 cm³/mol. The van der Waals surface area contributed by atoms with E-state index in [2.05, 4.69) is 196 Å². The van der Waals surface area contributed by atoms with Crippen molar-refractivity contribution in [1.82, 2.24) is 0 Å². The molecule has 0 fully saturated rings. The van der Waals surface area contributed by atoms with Crippen molar-refractivity contribution in [3.63, 3.8) is 0 Å². The molecule has 10 aromatic carbocycles. The van der Waals surface area contributed by atoms with E-state index in [-0.39, 0.29) is 5.41 Å². The fraction of sp³-hybridized carbons (Fsp3) is 0.0526. The van der Waals surface area contributed by atoms with Gasteiger partial charge in [-0.15, -0.1) is 0 Å². The molecule has 264 valence electrons. The smallest absolute Gasteiger partial charge is 0.0159 e. The molecule has 0 aromatic heterocycles. The predicted octanol–water partition coefficient (Wildman–Crippen LogP) is 15.7. The molecule has 0 bridgehead atoms. The number of hydrogen-bond acceptors (Lipinski definition) is 0. The summed E-state index contributed by atoms with van der Waals surface area (Å²) in [5.74, 6) is 0. The summed E-state index contributed by atoms with van der Waals surface area (Å²) in [6.07, 6.45) is 0. The van der Waals surface area contributed by atoms with Gasteiger partial charge in [-0.2, -0.15) is 0 Å². The largest absolute Gasteiger partial charge is 0.0616 e. The van der Waals surface area contributed by atoms with Crippen molar-refractivity contribution in [2.45, 2.75) is 19.3 Å². The van der Waals surface area contributed by atoms with Crippen LogP contribution >= 0.6 is 0 Å². The quantitative estimate of drug-likeness (QED) is 0.170. The Bertz CT molecular complexity index is 3370. The van der Waals surface area contributed by atoms with Crippen molar-refractivity contribution >= 4 is 32.3 Å². The summed E-state index contributed by atoms with van der Waals surface area (Å²) < 4.78 is 0. The highest BCUT2D eigenvalue weighted by atomic mass is 14.4. The van der Waals surface area contributed by atoms with Gasteiger partial charge in [-0.3, -0.25) is 0 Å². The molecule has 0 unspecified atom stereocenters. The van der Waals surface area contributed by atoms with Gasteiger partial charge in [0.1, 0.15) is 0 Å². The van der Waals surface area contributed by atoms with Crippen LogP contribution in [0.3, 0.4) is 0 Å². The second-order valence-electron chi connectivity index (χ2n) is 16.7. The minimum atomic E-state index is -0.153. The second kappa shape index (κ2) is 11.1. The molecule has 0 atom stereocenters. The lowest BCUT2D eigenvalue weighted by Crippen LogP contribution is -2.15. The highest BCUT2D eigenvalue weighted by Gasteiger charge is 2.36. The van der Waals surface area contributed by atoms with E-state index in [4.69, 9.17) is 0 Å². The van der Waals surface area contributed by atoms with Crippen LogP contribution in [-0.4, -0.2) is 0 Å². The third-order valence-corrected chi connectivity index (χ3v) is 13.6. The van der Waals surface area contributed by atoms with Gasteiger partial charge in [-0.05, 0) is 145 Å². The summed E-state index contributed by atoms with van der Waals surface area (Å²) in [5, 5.41) is 7.96. The molecule has 0 heterocycles. The van der Waals surface area contributed by atoms with Crippen LogP contribution in [0.4, 0.5) is 0 Å². The van der Waals surface area contributed by atoms with Gasteiger partial charge in [0, 0.05) is 5.41 Å². The fourth-order valence-electron chi connectivity index (χ4n) is 11.0. The standard InChI is InChI=1S/C57H36/c1-57(2)53-31-33(21-23-45(53)46-24-22-34(32-54(46)57)36-26-29-51-41-15-7-5-13-39(41)48-18-9-17-47(36)55(48)51)35-25-27-43(38-12-4-3-11-37(35)38)44-28-30-52-42-16-8-6-14-40(42)49-19-10-20-50(44)56(49)52/h3-32H,1-2H3. The molecule has 0 N–H and O–H groups in total. The first-order valence-electron chi connectivity index (χ1n) is 20.2. The molecule has 13 rings (SSSR count). The summed E-state index contributed by atoms with van der Waals surface area (Å²) in [4.78, 5) is 0. The second-order valence-corrected chi connectivity index (χ2v) is 16.7. The van der Waals surface area contributed by atoms with Crippen molar-refractivity contribution in [3.05, 3.63) is 193 Å². The molecule has 0 saturated carbocycles. The highest BCUT2D eigenvalue weighted by Crippen LogP contribution is 2.54. The summed E-state index contributed by atoms with van der Waals surface area (Å²) in [7, 11) is 0. The maximum atomic E-state index is 2.48. The molecule has 3 aliphatic carbocycles.